The van der Waals surface area contributed by atoms with Crippen molar-refractivity contribution in [3.8, 4) is 11.1 Å². The molecule has 1 aliphatic carbocycles. The summed E-state index contributed by atoms with van der Waals surface area (Å²) in [4.78, 5) is 25.5. The van der Waals surface area contributed by atoms with E-state index in [-0.39, 0.29) is 5.91 Å². The van der Waals surface area contributed by atoms with Crippen molar-refractivity contribution >= 4 is 11.9 Å². The highest BCUT2D eigenvalue weighted by Crippen LogP contribution is 2.33. The van der Waals surface area contributed by atoms with E-state index in [2.05, 4.69) is 14.5 Å². The van der Waals surface area contributed by atoms with Gasteiger partial charge < -0.3 is 19.5 Å². The number of carbonyl (C=O) groups is 1. The number of rotatable bonds is 5. The van der Waals surface area contributed by atoms with Gasteiger partial charge in [0.15, 0.2) is 0 Å². The Morgan fingerprint density at radius 2 is 1.96 bits per heavy atom. The Bertz CT molecular complexity index is 810. The van der Waals surface area contributed by atoms with E-state index in [0.29, 0.717) is 30.6 Å². The molecule has 1 saturated carbocycles. The smallest absolute Gasteiger partial charge is 0.270 e. The molecule has 7 nitrogen and oxygen atoms in total. The third kappa shape index (κ3) is 3.98. The highest BCUT2D eigenvalue weighted by Gasteiger charge is 2.28. The van der Waals surface area contributed by atoms with Crippen LogP contribution in [0.4, 0.5) is 5.95 Å². The number of anilines is 1. The van der Waals surface area contributed by atoms with Crippen molar-refractivity contribution in [1.82, 2.24) is 19.4 Å². The molecule has 2 aromatic rings. The van der Waals surface area contributed by atoms with E-state index in [1.807, 2.05) is 31.3 Å². The Morgan fingerprint density at radius 1 is 1.22 bits per heavy atom. The minimum Gasteiger partial charge on any atom is -0.391 e. The number of aromatic nitrogens is 3. The molecule has 1 aliphatic heterocycles. The molecule has 2 aliphatic rings. The Balaban J connectivity index is 1.62. The van der Waals surface area contributed by atoms with Crippen molar-refractivity contribution in [3.63, 3.8) is 0 Å². The van der Waals surface area contributed by atoms with Crippen LogP contribution >= 0.6 is 0 Å². The molecule has 1 amide bonds. The fraction of sp³-hybridized carbons (Fsp3) is 0.550. The van der Waals surface area contributed by atoms with Gasteiger partial charge in [0.25, 0.3) is 5.91 Å². The SMILES string of the molecule is CN(C)c1ncc(-c2cc(C(=O)N3CCC[C@@H](O)C3)n(CC3CC3)c2)cn1. The summed E-state index contributed by atoms with van der Waals surface area (Å²) in [6.07, 6.45) is 9.31. The summed E-state index contributed by atoms with van der Waals surface area (Å²) in [5, 5.41) is 9.93. The molecule has 2 aromatic heterocycles. The average molecular weight is 369 g/mol. The molecule has 0 aromatic carbocycles. The highest BCUT2D eigenvalue weighted by atomic mass is 16.3. The number of hydrogen-bond donors (Lipinski definition) is 1. The van der Waals surface area contributed by atoms with Crippen molar-refractivity contribution in [1.29, 1.82) is 0 Å². The quantitative estimate of drug-likeness (QED) is 0.873. The van der Waals surface area contributed by atoms with Gasteiger partial charge in [-0.25, -0.2) is 9.97 Å². The molecule has 144 valence electrons. The number of aliphatic hydroxyl groups is 1. The van der Waals surface area contributed by atoms with Gasteiger partial charge in [0.05, 0.1) is 6.10 Å². The molecule has 27 heavy (non-hydrogen) atoms. The van der Waals surface area contributed by atoms with Gasteiger partial charge in [-0.05, 0) is 37.7 Å². The van der Waals surface area contributed by atoms with Gasteiger partial charge in [-0.2, -0.15) is 0 Å². The van der Waals surface area contributed by atoms with Gasteiger partial charge in [-0.3, -0.25) is 4.79 Å². The second-order valence-electron chi connectivity index (χ2n) is 7.92. The lowest BCUT2D eigenvalue weighted by atomic mass is 10.1. The second kappa shape index (κ2) is 7.31. The van der Waals surface area contributed by atoms with Crippen LogP contribution in [-0.4, -0.2) is 63.7 Å². The van der Waals surface area contributed by atoms with Crippen LogP contribution in [0.3, 0.4) is 0 Å². The van der Waals surface area contributed by atoms with Gasteiger partial charge in [0.2, 0.25) is 5.95 Å². The van der Waals surface area contributed by atoms with E-state index >= 15 is 0 Å². The van der Waals surface area contributed by atoms with Gasteiger partial charge in [0.1, 0.15) is 5.69 Å². The first-order valence-corrected chi connectivity index (χ1v) is 9.68. The van der Waals surface area contributed by atoms with Crippen molar-refractivity contribution < 1.29 is 9.90 Å². The van der Waals surface area contributed by atoms with Gasteiger partial charge in [0, 0.05) is 63.4 Å². The zero-order valence-corrected chi connectivity index (χ0v) is 16.0. The first-order chi connectivity index (χ1) is 13.0. The minimum absolute atomic E-state index is 0.00600. The third-order valence-corrected chi connectivity index (χ3v) is 5.32. The van der Waals surface area contributed by atoms with Gasteiger partial charge >= 0.3 is 0 Å². The zero-order chi connectivity index (χ0) is 19.0. The Kier molecular flexibility index (Phi) is 4.86. The molecule has 7 heteroatoms. The van der Waals surface area contributed by atoms with Crippen LogP contribution in [0.2, 0.25) is 0 Å². The summed E-state index contributed by atoms with van der Waals surface area (Å²) in [6.45, 7) is 2.00. The van der Waals surface area contributed by atoms with Crippen LogP contribution in [0, 0.1) is 5.92 Å². The van der Waals surface area contributed by atoms with E-state index in [1.54, 1.807) is 17.3 Å². The average Bonchev–Trinajstić information content (AvgIpc) is 3.38. The van der Waals surface area contributed by atoms with Crippen molar-refractivity contribution in [2.45, 2.75) is 38.3 Å². The number of nitrogens with zero attached hydrogens (tertiary/aromatic N) is 5. The Hall–Kier alpha value is -2.41. The minimum atomic E-state index is -0.416. The lowest BCUT2D eigenvalue weighted by Crippen LogP contribution is -2.42. The Labute approximate surface area is 159 Å². The monoisotopic (exact) mass is 369 g/mol. The maximum absolute atomic E-state index is 13.1. The van der Waals surface area contributed by atoms with E-state index in [4.69, 9.17) is 0 Å². The summed E-state index contributed by atoms with van der Waals surface area (Å²) in [5.74, 6) is 1.33. The molecule has 1 N–H and O–H groups in total. The molecular formula is C20H27N5O2. The lowest BCUT2D eigenvalue weighted by Gasteiger charge is -2.30. The molecule has 2 fully saturated rings. The molecule has 4 rings (SSSR count). The maximum Gasteiger partial charge on any atom is 0.270 e. The van der Waals surface area contributed by atoms with Crippen LogP contribution in [0.5, 0.6) is 0 Å². The largest absolute Gasteiger partial charge is 0.391 e. The molecule has 0 spiro atoms. The van der Waals surface area contributed by atoms with Gasteiger partial charge in [-0.1, -0.05) is 0 Å². The van der Waals surface area contributed by atoms with Crippen molar-refractivity contribution in [2.75, 3.05) is 32.1 Å². The summed E-state index contributed by atoms with van der Waals surface area (Å²) < 4.78 is 2.08. The zero-order valence-electron chi connectivity index (χ0n) is 16.0. The number of carbonyl (C=O) groups excluding carboxylic acids is 1. The van der Waals surface area contributed by atoms with E-state index in [1.165, 1.54) is 12.8 Å². The number of amides is 1. The number of aliphatic hydroxyl groups excluding tert-OH is 1. The number of likely N-dealkylation sites (tertiary alicyclic amines) is 1. The van der Waals surface area contributed by atoms with Crippen LogP contribution in [0.15, 0.2) is 24.7 Å². The summed E-state index contributed by atoms with van der Waals surface area (Å²) >= 11 is 0. The molecule has 3 heterocycles. The van der Waals surface area contributed by atoms with E-state index in [9.17, 15) is 9.90 Å². The summed E-state index contributed by atoms with van der Waals surface area (Å²) in [7, 11) is 3.82. The van der Waals surface area contributed by atoms with Gasteiger partial charge in [-0.15, -0.1) is 0 Å². The van der Waals surface area contributed by atoms with Crippen molar-refractivity contribution in [2.24, 2.45) is 5.92 Å². The first kappa shape index (κ1) is 18.0. The highest BCUT2D eigenvalue weighted by molar-refractivity contribution is 5.94. The summed E-state index contributed by atoms with van der Waals surface area (Å²) in [5.41, 5.74) is 2.56. The van der Waals surface area contributed by atoms with Crippen LogP contribution in [0.25, 0.3) is 11.1 Å². The molecule has 0 bridgehead atoms. The number of hydrogen-bond acceptors (Lipinski definition) is 5. The predicted molar refractivity (Wildman–Crippen MR) is 104 cm³/mol. The first-order valence-electron chi connectivity index (χ1n) is 9.68. The molecule has 0 unspecified atom stereocenters. The van der Waals surface area contributed by atoms with Crippen LogP contribution in [-0.2, 0) is 6.54 Å². The molecular weight excluding hydrogens is 342 g/mol. The normalized spacial score (nSPS) is 20.0. The maximum atomic E-state index is 13.1. The predicted octanol–water partition coefficient (Wildman–Crippen LogP) is 2.02. The van der Waals surface area contributed by atoms with Crippen LogP contribution < -0.4 is 4.90 Å². The second-order valence-corrected chi connectivity index (χ2v) is 7.92. The standard InChI is InChI=1S/C20H27N5O2/c1-23(2)20-21-9-16(10-22-20)15-8-18(25(12-15)11-14-5-6-14)19(27)24-7-3-4-17(26)13-24/h8-10,12,14,17,26H,3-7,11,13H2,1-2H3/t17-/m1/s1. The topological polar surface area (TPSA) is 74.5 Å². The third-order valence-electron chi connectivity index (χ3n) is 5.32. The lowest BCUT2D eigenvalue weighted by molar-refractivity contribution is 0.0464. The van der Waals surface area contributed by atoms with E-state index < -0.39 is 6.10 Å². The number of piperidine rings is 1. The molecule has 0 radical (unpaired) electrons. The fourth-order valence-electron chi connectivity index (χ4n) is 3.58. The fourth-order valence-corrected chi connectivity index (χ4v) is 3.58. The van der Waals surface area contributed by atoms with Crippen molar-refractivity contribution in [3.05, 3.63) is 30.4 Å². The number of β-amino-alcohol motifs (C(OH)–C–C–N with tert-alkyl or cyclic N) is 1. The summed E-state index contributed by atoms with van der Waals surface area (Å²) in [6, 6.07) is 1.94. The van der Waals surface area contributed by atoms with E-state index in [0.717, 1.165) is 30.5 Å². The Morgan fingerprint density at radius 3 is 2.59 bits per heavy atom. The van der Waals surface area contributed by atoms with Crippen LogP contribution in [0.1, 0.15) is 36.2 Å². The molecule has 1 atom stereocenters. The molecule has 1 saturated heterocycles.